The van der Waals surface area contributed by atoms with Crippen molar-refractivity contribution < 1.29 is 28.9 Å². The number of nitrogens with zero attached hydrogens (tertiary/aromatic N) is 1. The number of fused-ring (bicyclic) bond motifs is 1. The molecule has 0 spiro atoms. The first-order valence-electron chi connectivity index (χ1n) is 10.4. The molecule has 0 radical (unpaired) electrons. The Kier molecular flexibility index (Phi) is 5.74. The summed E-state index contributed by atoms with van der Waals surface area (Å²) < 4.78 is 10.8. The number of rotatable bonds is 6. The third-order valence-electron chi connectivity index (χ3n) is 6.21. The highest BCUT2D eigenvalue weighted by Crippen LogP contribution is 2.29. The molecular weight excluding hydrogens is 382 g/mol. The summed E-state index contributed by atoms with van der Waals surface area (Å²) >= 11 is 0. The molecule has 0 atom stereocenters. The molecule has 4 rings (SSSR count). The lowest BCUT2D eigenvalue weighted by Crippen LogP contribution is -3.28. The zero-order valence-electron chi connectivity index (χ0n) is 17.8. The number of amides is 2. The summed E-state index contributed by atoms with van der Waals surface area (Å²) in [6.45, 7) is 7.30. The fraction of sp³-hybridized carbons (Fsp3) is 0.391. The first-order valence-corrected chi connectivity index (χ1v) is 10.4. The zero-order chi connectivity index (χ0) is 21.3. The minimum atomic E-state index is -0.168. The molecule has 7 heteroatoms. The number of methoxy groups -OCH3 is 2. The van der Waals surface area contributed by atoms with Crippen molar-refractivity contribution in [3.05, 3.63) is 58.7 Å². The van der Waals surface area contributed by atoms with Crippen LogP contribution in [0.15, 0.2) is 36.4 Å². The van der Waals surface area contributed by atoms with Crippen LogP contribution in [0.1, 0.15) is 31.8 Å². The summed E-state index contributed by atoms with van der Waals surface area (Å²) in [5.74, 6) is 1.18. The van der Waals surface area contributed by atoms with Gasteiger partial charge in [-0.25, -0.2) is 4.90 Å². The van der Waals surface area contributed by atoms with Crippen LogP contribution < -0.4 is 19.3 Å². The molecule has 7 nitrogen and oxygen atoms in total. The molecule has 0 aliphatic carbocycles. The van der Waals surface area contributed by atoms with Crippen molar-refractivity contribution in [2.24, 2.45) is 0 Å². The number of quaternary nitrogens is 2. The first-order chi connectivity index (χ1) is 14.5. The predicted octanol–water partition coefficient (Wildman–Crippen LogP) is -0.451. The number of benzene rings is 2. The maximum Gasteiger partial charge on any atom is 0.265 e. The van der Waals surface area contributed by atoms with Gasteiger partial charge in [-0.3, -0.25) is 9.59 Å². The van der Waals surface area contributed by atoms with Crippen LogP contribution >= 0.6 is 0 Å². The number of piperazine rings is 1. The summed E-state index contributed by atoms with van der Waals surface area (Å²) in [7, 11) is 3.31. The second kappa shape index (κ2) is 8.45. The standard InChI is InChI=1S/C23H27N3O4/c1-16-12-20(29-2)21(30-3)13-17(16)14-24-8-10-25(11-9-24)15-26-22(27)18-6-4-5-7-19(18)23(26)28/h4-7,12-13H,8-11,14-15H2,1-3H3/p+2. The second-order valence-corrected chi connectivity index (χ2v) is 8.05. The Balaban J connectivity index is 1.35. The van der Waals surface area contributed by atoms with Gasteiger partial charge in [-0.2, -0.15) is 0 Å². The number of carbonyl (C=O) groups is 2. The molecular formula is C23H29N3O4+2. The van der Waals surface area contributed by atoms with Gasteiger partial charge in [0.25, 0.3) is 11.8 Å². The molecule has 2 N–H and O–H groups in total. The topological polar surface area (TPSA) is 64.7 Å². The highest BCUT2D eigenvalue weighted by molar-refractivity contribution is 6.21. The molecule has 1 saturated heterocycles. The van der Waals surface area contributed by atoms with Crippen molar-refractivity contribution in [2.75, 3.05) is 47.1 Å². The Hall–Kier alpha value is -2.90. The minimum Gasteiger partial charge on any atom is -0.493 e. The number of carbonyl (C=O) groups excluding carboxylic acids is 2. The number of ether oxygens (including phenoxy) is 2. The van der Waals surface area contributed by atoms with Crippen molar-refractivity contribution >= 4 is 11.8 Å². The van der Waals surface area contributed by atoms with Gasteiger partial charge in [-0.05, 0) is 36.8 Å². The van der Waals surface area contributed by atoms with E-state index in [1.165, 1.54) is 25.8 Å². The van der Waals surface area contributed by atoms with Gasteiger partial charge in [0.15, 0.2) is 18.2 Å². The van der Waals surface area contributed by atoms with E-state index >= 15 is 0 Å². The molecule has 0 saturated carbocycles. The fourth-order valence-corrected chi connectivity index (χ4v) is 4.38. The molecule has 2 aliphatic rings. The summed E-state index contributed by atoms with van der Waals surface area (Å²) in [6, 6.07) is 11.2. The molecule has 158 valence electrons. The molecule has 2 aromatic rings. The van der Waals surface area contributed by atoms with E-state index in [9.17, 15) is 9.59 Å². The van der Waals surface area contributed by atoms with Crippen molar-refractivity contribution in [3.8, 4) is 11.5 Å². The fourth-order valence-electron chi connectivity index (χ4n) is 4.38. The van der Waals surface area contributed by atoms with Crippen LogP contribution in [0.4, 0.5) is 0 Å². The molecule has 2 aromatic carbocycles. The van der Waals surface area contributed by atoms with Crippen LogP contribution in [0.3, 0.4) is 0 Å². The van der Waals surface area contributed by atoms with Crippen LogP contribution in [0.25, 0.3) is 0 Å². The van der Waals surface area contributed by atoms with Crippen LogP contribution in [0.5, 0.6) is 11.5 Å². The number of nitrogens with one attached hydrogen (secondary N) is 2. The van der Waals surface area contributed by atoms with Gasteiger partial charge in [0, 0.05) is 5.56 Å². The maximum atomic E-state index is 12.6. The molecule has 2 heterocycles. The summed E-state index contributed by atoms with van der Waals surface area (Å²) in [6.07, 6.45) is 0. The van der Waals surface area contributed by atoms with Gasteiger partial charge in [0.1, 0.15) is 32.7 Å². The van der Waals surface area contributed by atoms with E-state index in [-0.39, 0.29) is 11.8 Å². The van der Waals surface area contributed by atoms with Gasteiger partial charge >= 0.3 is 0 Å². The second-order valence-electron chi connectivity index (χ2n) is 8.05. The monoisotopic (exact) mass is 411 g/mol. The van der Waals surface area contributed by atoms with Crippen LogP contribution in [0.2, 0.25) is 0 Å². The largest absolute Gasteiger partial charge is 0.493 e. The molecule has 0 aromatic heterocycles. The maximum absolute atomic E-state index is 12.6. The van der Waals surface area contributed by atoms with Crippen molar-refractivity contribution in [3.63, 3.8) is 0 Å². The van der Waals surface area contributed by atoms with Crippen molar-refractivity contribution in [1.82, 2.24) is 4.90 Å². The number of imide groups is 1. The molecule has 0 bridgehead atoms. The van der Waals surface area contributed by atoms with Crippen LogP contribution in [0, 0.1) is 6.92 Å². The normalized spacial score (nSPS) is 21.0. The Morgan fingerprint density at radius 2 is 1.40 bits per heavy atom. The third-order valence-corrected chi connectivity index (χ3v) is 6.21. The zero-order valence-corrected chi connectivity index (χ0v) is 17.8. The minimum absolute atomic E-state index is 0.168. The van der Waals surface area contributed by atoms with Gasteiger partial charge in [-0.1, -0.05) is 12.1 Å². The summed E-state index contributed by atoms with van der Waals surface area (Å²) in [5.41, 5.74) is 3.50. The Labute approximate surface area is 176 Å². The van der Waals surface area contributed by atoms with Gasteiger partial charge in [0.2, 0.25) is 0 Å². The van der Waals surface area contributed by atoms with Crippen LogP contribution in [-0.4, -0.2) is 63.8 Å². The SMILES string of the molecule is COc1cc(C)c(C[NH+]2CC[NH+](CN3C(=O)c4ccccc4C3=O)CC2)cc1OC. The third kappa shape index (κ3) is 3.78. The first kappa shape index (κ1) is 20.4. The van der Waals surface area contributed by atoms with E-state index in [2.05, 4.69) is 13.0 Å². The lowest BCUT2D eigenvalue weighted by molar-refractivity contribution is -1.02. The Morgan fingerprint density at radius 1 is 0.867 bits per heavy atom. The molecule has 2 amide bonds. The lowest BCUT2D eigenvalue weighted by atomic mass is 10.1. The lowest BCUT2D eigenvalue weighted by Gasteiger charge is -2.31. The van der Waals surface area contributed by atoms with Gasteiger partial charge < -0.3 is 19.3 Å². The van der Waals surface area contributed by atoms with Gasteiger partial charge in [0.05, 0.1) is 25.3 Å². The van der Waals surface area contributed by atoms with E-state index in [0.717, 1.165) is 44.2 Å². The number of aryl methyl sites for hydroxylation is 1. The molecule has 1 fully saturated rings. The van der Waals surface area contributed by atoms with E-state index in [4.69, 9.17) is 9.47 Å². The van der Waals surface area contributed by atoms with E-state index in [1.807, 2.05) is 6.07 Å². The van der Waals surface area contributed by atoms with E-state index in [1.54, 1.807) is 38.5 Å². The highest BCUT2D eigenvalue weighted by Gasteiger charge is 2.38. The summed E-state index contributed by atoms with van der Waals surface area (Å²) in [5, 5.41) is 0. The quantitative estimate of drug-likeness (QED) is 0.632. The molecule has 0 unspecified atom stereocenters. The average Bonchev–Trinajstić information content (AvgIpc) is 3.01. The molecule has 30 heavy (non-hydrogen) atoms. The smallest absolute Gasteiger partial charge is 0.265 e. The average molecular weight is 412 g/mol. The summed E-state index contributed by atoms with van der Waals surface area (Å²) in [4.78, 5) is 29.4. The predicted molar refractivity (Wildman–Crippen MR) is 111 cm³/mol. The van der Waals surface area contributed by atoms with Crippen LogP contribution in [-0.2, 0) is 6.54 Å². The molecule has 2 aliphatic heterocycles. The highest BCUT2D eigenvalue weighted by atomic mass is 16.5. The Bertz CT molecular complexity index is 932. The van der Waals surface area contributed by atoms with Crippen molar-refractivity contribution in [2.45, 2.75) is 13.5 Å². The number of hydrogen-bond donors (Lipinski definition) is 2. The number of hydrogen-bond acceptors (Lipinski definition) is 4. The van der Waals surface area contributed by atoms with E-state index in [0.29, 0.717) is 17.8 Å². The Morgan fingerprint density at radius 3 is 1.97 bits per heavy atom. The van der Waals surface area contributed by atoms with E-state index < -0.39 is 0 Å². The van der Waals surface area contributed by atoms with Crippen molar-refractivity contribution in [1.29, 1.82) is 0 Å². The van der Waals surface area contributed by atoms with Gasteiger partial charge in [-0.15, -0.1) is 0 Å².